The number of aromatic nitrogens is 2. The van der Waals surface area contributed by atoms with Gasteiger partial charge in [-0.3, -0.25) is 14.7 Å². The number of nitrogens with zero attached hydrogens (tertiary/aromatic N) is 4. The number of benzene rings is 1. The predicted octanol–water partition coefficient (Wildman–Crippen LogP) is 2.84. The van der Waals surface area contributed by atoms with E-state index in [1.54, 1.807) is 18.3 Å². The van der Waals surface area contributed by atoms with Crippen LogP contribution in [0.3, 0.4) is 0 Å². The highest BCUT2D eigenvalue weighted by molar-refractivity contribution is 7.99. The number of esters is 1. The minimum absolute atomic E-state index is 0.104. The number of amides is 1. The van der Waals surface area contributed by atoms with Gasteiger partial charge in [-0.2, -0.15) is 0 Å². The van der Waals surface area contributed by atoms with Gasteiger partial charge < -0.3 is 14.1 Å². The third-order valence-electron chi connectivity index (χ3n) is 5.14. The lowest BCUT2D eigenvalue weighted by molar-refractivity contribution is -0.128. The molecule has 2 aromatic heterocycles. The molecule has 1 aliphatic rings. The molecule has 1 fully saturated rings. The fourth-order valence-corrected chi connectivity index (χ4v) is 4.25. The molecule has 0 spiro atoms. The zero-order valence-corrected chi connectivity index (χ0v) is 18.1. The summed E-state index contributed by atoms with van der Waals surface area (Å²) in [6.45, 7) is 3.60. The average Bonchev–Trinajstić information content (AvgIpc) is 3.14. The molecule has 162 valence electrons. The number of para-hydroxylation sites is 2. The van der Waals surface area contributed by atoms with Crippen LogP contribution in [0.5, 0.6) is 0 Å². The Morgan fingerprint density at radius 1 is 1.10 bits per heavy atom. The number of hydrogen-bond donors (Lipinski definition) is 0. The van der Waals surface area contributed by atoms with Crippen molar-refractivity contribution in [1.29, 1.82) is 0 Å². The number of rotatable bonds is 6. The van der Waals surface area contributed by atoms with E-state index in [0.717, 1.165) is 42.1 Å². The molecule has 4 rings (SSSR count). The highest BCUT2D eigenvalue weighted by Gasteiger charge is 2.21. The van der Waals surface area contributed by atoms with E-state index in [-0.39, 0.29) is 11.7 Å². The molecule has 1 aromatic carbocycles. The summed E-state index contributed by atoms with van der Waals surface area (Å²) in [5, 5.41) is 0.753. The van der Waals surface area contributed by atoms with Crippen molar-refractivity contribution in [3.05, 3.63) is 54.1 Å². The van der Waals surface area contributed by atoms with Gasteiger partial charge in [-0.05, 0) is 30.7 Å². The van der Waals surface area contributed by atoms with Crippen LogP contribution in [-0.2, 0) is 16.1 Å². The van der Waals surface area contributed by atoms with E-state index in [9.17, 15) is 9.59 Å². The first-order valence-corrected chi connectivity index (χ1v) is 11.1. The van der Waals surface area contributed by atoms with Crippen molar-refractivity contribution in [3.8, 4) is 0 Å². The van der Waals surface area contributed by atoms with E-state index < -0.39 is 5.97 Å². The summed E-state index contributed by atoms with van der Waals surface area (Å²) in [7, 11) is 1.33. The average molecular weight is 441 g/mol. The van der Waals surface area contributed by atoms with Gasteiger partial charge in [-0.1, -0.05) is 23.9 Å². The summed E-state index contributed by atoms with van der Waals surface area (Å²) in [6.07, 6.45) is 2.60. The van der Waals surface area contributed by atoms with Gasteiger partial charge in [0.2, 0.25) is 11.7 Å². The number of furan rings is 1. The summed E-state index contributed by atoms with van der Waals surface area (Å²) in [5.74, 6) is 0.886. The SMILES string of the molecule is COC(=O)c1ccc(CN2CCCN(C(=O)CSc3cnc4ccccc4n3)CC2)o1. The zero-order chi connectivity index (χ0) is 21.6. The van der Waals surface area contributed by atoms with Gasteiger partial charge in [0.15, 0.2) is 0 Å². The second-order valence-corrected chi connectivity index (χ2v) is 8.25. The number of methoxy groups -OCH3 is 1. The fraction of sp³-hybridized carbons (Fsp3) is 0.364. The summed E-state index contributed by atoms with van der Waals surface area (Å²) in [6, 6.07) is 11.1. The second-order valence-electron chi connectivity index (χ2n) is 7.25. The Morgan fingerprint density at radius 2 is 1.94 bits per heavy atom. The molecule has 0 bridgehead atoms. The number of fused-ring (bicyclic) bond motifs is 1. The van der Waals surface area contributed by atoms with Crippen LogP contribution >= 0.6 is 11.8 Å². The Morgan fingerprint density at radius 3 is 2.77 bits per heavy atom. The molecule has 0 radical (unpaired) electrons. The van der Waals surface area contributed by atoms with Crippen LogP contribution in [0, 0.1) is 0 Å². The van der Waals surface area contributed by atoms with Crippen molar-refractivity contribution in [3.63, 3.8) is 0 Å². The molecule has 3 heterocycles. The Bertz CT molecular complexity index is 1070. The lowest BCUT2D eigenvalue weighted by atomic mass is 10.3. The molecule has 1 saturated heterocycles. The number of hydrogen-bond acceptors (Lipinski definition) is 8. The molecular formula is C22H24N4O4S. The van der Waals surface area contributed by atoms with Crippen LogP contribution in [0.15, 0.2) is 52.0 Å². The van der Waals surface area contributed by atoms with Gasteiger partial charge in [0.05, 0.1) is 36.6 Å². The van der Waals surface area contributed by atoms with Crippen LogP contribution in [0.25, 0.3) is 11.0 Å². The van der Waals surface area contributed by atoms with E-state index >= 15 is 0 Å². The van der Waals surface area contributed by atoms with Crippen molar-refractivity contribution < 1.29 is 18.7 Å². The molecule has 0 unspecified atom stereocenters. The van der Waals surface area contributed by atoms with Crippen molar-refractivity contribution >= 4 is 34.7 Å². The first-order chi connectivity index (χ1) is 15.1. The van der Waals surface area contributed by atoms with Crippen molar-refractivity contribution in [2.45, 2.75) is 18.0 Å². The molecule has 8 nitrogen and oxygen atoms in total. The van der Waals surface area contributed by atoms with Crippen LogP contribution < -0.4 is 0 Å². The van der Waals surface area contributed by atoms with Gasteiger partial charge in [-0.15, -0.1) is 0 Å². The van der Waals surface area contributed by atoms with Gasteiger partial charge >= 0.3 is 5.97 Å². The standard InChI is InChI=1S/C22H24N4O4S/c1-29-22(28)19-8-7-16(30-19)14-25-9-4-10-26(12-11-25)21(27)15-31-20-13-23-17-5-2-3-6-18(17)24-20/h2-3,5-8,13H,4,9-12,14-15H2,1H3. The third kappa shape index (κ3) is 5.42. The third-order valence-corrected chi connectivity index (χ3v) is 6.02. The molecule has 0 atom stereocenters. The topological polar surface area (TPSA) is 88.8 Å². The van der Waals surface area contributed by atoms with Crippen molar-refractivity contribution in [1.82, 2.24) is 19.8 Å². The highest BCUT2D eigenvalue weighted by Crippen LogP contribution is 2.19. The van der Waals surface area contributed by atoms with Gasteiger partial charge in [-0.25, -0.2) is 9.78 Å². The summed E-state index contributed by atoms with van der Waals surface area (Å²) in [5.41, 5.74) is 1.68. The Kier molecular flexibility index (Phi) is 6.83. The van der Waals surface area contributed by atoms with Gasteiger partial charge in [0, 0.05) is 26.2 Å². The van der Waals surface area contributed by atoms with Crippen LogP contribution in [0.1, 0.15) is 22.7 Å². The Hall–Kier alpha value is -2.91. The maximum absolute atomic E-state index is 12.7. The number of thioether (sulfide) groups is 1. The lowest BCUT2D eigenvalue weighted by Crippen LogP contribution is -2.36. The largest absolute Gasteiger partial charge is 0.463 e. The molecule has 0 saturated carbocycles. The molecule has 31 heavy (non-hydrogen) atoms. The smallest absolute Gasteiger partial charge is 0.373 e. The van der Waals surface area contributed by atoms with Crippen LogP contribution in [0.4, 0.5) is 0 Å². The minimum atomic E-state index is -0.479. The molecule has 9 heteroatoms. The molecule has 0 aliphatic carbocycles. The quantitative estimate of drug-likeness (QED) is 0.427. The molecule has 1 amide bonds. The minimum Gasteiger partial charge on any atom is -0.463 e. The molecule has 1 aliphatic heterocycles. The highest BCUT2D eigenvalue weighted by atomic mass is 32.2. The van der Waals surface area contributed by atoms with E-state index in [2.05, 4.69) is 19.6 Å². The van der Waals surface area contributed by atoms with E-state index in [4.69, 9.17) is 4.42 Å². The predicted molar refractivity (Wildman–Crippen MR) is 117 cm³/mol. The number of carbonyl (C=O) groups is 2. The van der Waals surface area contributed by atoms with E-state index in [1.807, 2.05) is 29.2 Å². The van der Waals surface area contributed by atoms with Crippen LogP contribution in [-0.4, -0.2) is 70.7 Å². The molecule has 3 aromatic rings. The maximum Gasteiger partial charge on any atom is 0.373 e. The monoisotopic (exact) mass is 440 g/mol. The van der Waals surface area contributed by atoms with E-state index in [1.165, 1.54) is 18.9 Å². The van der Waals surface area contributed by atoms with Crippen molar-refractivity contribution in [2.75, 3.05) is 39.0 Å². The first kappa shape index (κ1) is 21.3. The first-order valence-electron chi connectivity index (χ1n) is 10.1. The van der Waals surface area contributed by atoms with Gasteiger partial charge in [0.1, 0.15) is 10.8 Å². The lowest BCUT2D eigenvalue weighted by Gasteiger charge is -2.21. The summed E-state index contributed by atoms with van der Waals surface area (Å²) in [4.78, 5) is 37.4. The summed E-state index contributed by atoms with van der Waals surface area (Å²) >= 11 is 1.42. The van der Waals surface area contributed by atoms with Crippen molar-refractivity contribution in [2.24, 2.45) is 0 Å². The Labute approximate surface area is 184 Å². The van der Waals surface area contributed by atoms with Crippen LogP contribution in [0.2, 0.25) is 0 Å². The normalized spacial score (nSPS) is 15.1. The Balaban J connectivity index is 1.28. The number of carbonyl (C=O) groups excluding carboxylic acids is 2. The summed E-state index contributed by atoms with van der Waals surface area (Å²) < 4.78 is 10.2. The zero-order valence-electron chi connectivity index (χ0n) is 17.3. The van der Waals surface area contributed by atoms with E-state index in [0.29, 0.717) is 24.6 Å². The fourth-order valence-electron chi connectivity index (χ4n) is 3.51. The molecular weight excluding hydrogens is 416 g/mol. The molecule has 0 N–H and O–H groups in total. The number of ether oxygens (including phenoxy) is 1. The van der Waals surface area contributed by atoms with Gasteiger partial charge in [0.25, 0.3) is 0 Å². The maximum atomic E-state index is 12.7. The second kappa shape index (κ2) is 9.93.